The van der Waals surface area contributed by atoms with Gasteiger partial charge in [-0.25, -0.2) is 0 Å². The van der Waals surface area contributed by atoms with Crippen LogP contribution in [0.2, 0.25) is 0 Å². The molecular weight excluding hydrogens is 798 g/mol. The van der Waals surface area contributed by atoms with Crippen molar-refractivity contribution in [1.82, 2.24) is 5.32 Å². The highest BCUT2D eigenvalue weighted by Gasteiger charge is 2.57. The van der Waals surface area contributed by atoms with Gasteiger partial charge < -0.3 is 125 Å². The predicted octanol–water partition coefficient (Wildman–Crippen LogP) is -10.8. The molecule has 0 aromatic rings. The molecule has 0 unspecified atom stereocenters. The molecule has 5 fully saturated rings. The number of aliphatic hydroxyl groups excluding tert-OH is 15. The summed E-state index contributed by atoms with van der Waals surface area (Å²) in [4.78, 5) is 12.6. The first-order chi connectivity index (χ1) is 27.4. The lowest BCUT2D eigenvalue weighted by atomic mass is 9.94. The zero-order valence-electron chi connectivity index (χ0n) is 31.1. The van der Waals surface area contributed by atoms with Crippen LogP contribution >= 0.6 is 0 Å². The van der Waals surface area contributed by atoms with Gasteiger partial charge in [-0.3, -0.25) is 4.79 Å². The van der Waals surface area contributed by atoms with Crippen molar-refractivity contribution in [3.8, 4) is 0 Å². The van der Waals surface area contributed by atoms with E-state index in [1.165, 1.54) is 6.92 Å². The highest BCUT2D eigenvalue weighted by atomic mass is 16.8. The molecule has 58 heavy (non-hydrogen) atoms. The summed E-state index contributed by atoms with van der Waals surface area (Å²) in [5.41, 5.74) is 0. The molecule has 338 valence electrons. The van der Waals surface area contributed by atoms with Gasteiger partial charge in [0.15, 0.2) is 31.5 Å². The van der Waals surface area contributed by atoms with E-state index in [0.29, 0.717) is 0 Å². The van der Waals surface area contributed by atoms with Crippen molar-refractivity contribution in [2.45, 2.75) is 167 Å². The number of amides is 1. The average Bonchev–Trinajstić information content (AvgIpc) is 3.19. The lowest BCUT2D eigenvalue weighted by molar-refractivity contribution is -0.390. The van der Waals surface area contributed by atoms with Gasteiger partial charge >= 0.3 is 0 Å². The second kappa shape index (κ2) is 20.1. The van der Waals surface area contributed by atoms with Crippen LogP contribution in [0.5, 0.6) is 0 Å². The van der Waals surface area contributed by atoms with Crippen molar-refractivity contribution in [2.24, 2.45) is 0 Å². The van der Waals surface area contributed by atoms with E-state index in [0.717, 1.165) is 6.92 Å². The fourth-order valence-corrected chi connectivity index (χ4v) is 7.35. The van der Waals surface area contributed by atoms with Crippen molar-refractivity contribution in [2.75, 3.05) is 26.4 Å². The molecule has 0 saturated carbocycles. The third kappa shape index (κ3) is 9.75. The summed E-state index contributed by atoms with van der Waals surface area (Å²) >= 11 is 0. The summed E-state index contributed by atoms with van der Waals surface area (Å²) < 4.78 is 50.8. The Morgan fingerprint density at radius 2 is 0.914 bits per heavy atom. The first-order valence-corrected chi connectivity index (χ1v) is 18.5. The molecule has 0 bridgehead atoms. The van der Waals surface area contributed by atoms with Gasteiger partial charge in [0.1, 0.15) is 116 Å². The number of nitrogens with one attached hydrogen (secondary N) is 1. The average molecular weight is 854 g/mol. The van der Waals surface area contributed by atoms with Crippen LogP contribution < -0.4 is 5.32 Å². The second-order valence-corrected chi connectivity index (χ2v) is 14.7. The number of ether oxygens (including phenoxy) is 9. The Hall–Kier alpha value is -1.49. The molecule has 0 spiro atoms. The maximum absolute atomic E-state index is 12.6. The molecule has 0 radical (unpaired) electrons. The Morgan fingerprint density at radius 3 is 1.50 bits per heavy atom. The molecule has 0 aromatic heterocycles. The molecule has 1 amide bonds. The summed E-state index contributed by atoms with van der Waals surface area (Å²) in [6.07, 6.45) is -43.4. The molecule has 25 atom stereocenters. The molecule has 5 saturated heterocycles. The van der Waals surface area contributed by atoms with Gasteiger partial charge in [0.25, 0.3) is 0 Å². The van der Waals surface area contributed by atoms with Crippen LogP contribution in [-0.2, 0) is 47.4 Å². The topological polar surface area (TPSA) is 416 Å². The minimum absolute atomic E-state index is 0.823. The summed E-state index contributed by atoms with van der Waals surface area (Å²) in [7, 11) is 0. The highest BCUT2D eigenvalue weighted by Crippen LogP contribution is 2.36. The largest absolute Gasteiger partial charge is 0.394 e. The van der Waals surface area contributed by atoms with Gasteiger partial charge in [0.05, 0.1) is 32.5 Å². The molecule has 16 N–H and O–H groups in total. The van der Waals surface area contributed by atoms with Crippen molar-refractivity contribution in [3.05, 3.63) is 0 Å². The fourth-order valence-electron chi connectivity index (χ4n) is 7.35. The van der Waals surface area contributed by atoms with E-state index in [2.05, 4.69) is 5.32 Å². The minimum atomic E-state index is -2.10. The first kappa shape index (κ1) is 47.6. The van der Waals surface area contributed by atoms with Crippen molar-refractivity contribution in [1.29, 1.82) is 0 Å². The Kier molecular flexibility index (Phi) is 16.5. The van der Waals surface area contributed by atoms with Crippen LogP contribution in [0.25, 0.3) is 0 Å². The number of carbonyl (C=O) groups excluding carboxylic acids is 1. The fraction of sp³-hybridized carbons (Fsp3) is 0.969. The van der Waals surface area contributed by atoms with Gasteiger partial charge in [0, 0.05) is 6.92 Å². The smallest absolute Gasteiger partial charge is 0.217 e. The van der Waals surface area contributed by atoms with Crippen LogP contribution in [0, 0.1) is 0 Å². The van der Waals surface area contributed by atoms with Crippen molar-refractivity contribution < 1.29 is 124 Å². The summed E-state index contributed by atoms with van der Waals surface area (Å²) in [6.45, 7) is -1.34. The number of aliphatic hydroxyl groups is 15. The third-order valence-electron chi connectivity index (χ3n) is 10.7. The number of carbonyl (C=O) groups is 1. The molecule has 5 heterocycles. The molecule has 26 heteroatoms. The maximum atomic E-state index is 12.6. The molecule has 5 aliphatic heterocycles. The SMILES string of the molecule is CC(=O)N[C@H]1[C@H](O[C@H]2[C@@H](O)[C@@H](CO)O[C@H](O[C@H]3[C@H](O)[C@@H](O)[C@H](O)O[C@@H]3CO)[C@@H]2O)O[C@H](CO)[C@H](O)[C@@H]1O[C@@H]1O[C@H](CO)[C@H](O)[C@H](O)[C@H]1O[C@@H]1O[C@@H](C)[C@@H](O)[C@@H](O)[C@@H]1O. The van der Waals surface area contributed by atoms with Crippen LogP contribution in [0.4, 0.5) is 0 Å². The van der Waals surface area contributed by atoms with Crippen molar-refractivity contribution in [3.63, 3.8) is 0 Å². The zero-order chi connectivity index (χ0) is 42.9. The standard InChI is InChI=1S/C32H55NO25/c1-7-14(39)18(43)22(47)30(50-7)58-27-19(44)15(40)9(3-34)54-32(27)56-25-13(33-8(2)38)29(52-10(4-35)16(25)41)57-26-17(42)11(5-36)53-31(23(26)48)55-24-12(6-37)51-28(49)21(46)20(24)45/h7,9-32,34-37,39-49H,3-6H2,1-2H3,(H,33,38)/t7-,9+,10+,11+,12+,13+,14+,15-,16-,17-,18+,19-,20+,21+,22-,23+,24+,25+,26-,27+,28+,29-,30-,31+,32-/m0/s1. The minimum Gasteiger partial charge on any atom is -0.394 e. The summed E-state index contributed by atoms with van der Waals surface area (Å²) in [5.74, 6) is -0.823. The van der Waals surface area contributed by atoms with E-state index >= 15 is 0 Å². The maximum Gasteiger partial charge on any atom is 0.217 e. The Labute approximate surface area is 329 Å². The van der Waals surface area contributed by atoms with E-state index < -0.39 is 186 Å². The lowest BCUT2D eigenvalue weighted by Gasteiger charge is -2.50. The monoisotopic (exact) mass is 853 g/mol. The van der Waals surface area contributed by atoms with Crippen LogP contribution in [0.3, 0.4) is 0 Å². The van der Waals surface area contributed by atoms with Gasteiger partial charge in [-0.2, -0.15) is 0 Å². The Bertz CT molecular complexity index is 1310. The van der Waals surface area contributed by atoms with Crippen LogP contribution in [0.15, 0.2) is 0 Å². The lowest BCUT2D eigenvalue weighted by Crippen LogP contribution is -2.70. The second-order valence-electron chi connectivity index (χ2n) is 14.7. The normalized spacial score (nSPS) is 51.6. The van der Waals surface area contributed by atoms with E-state index in [1.54, 1.807) is 0 Å². The molecule has 5 aliphatic rings. The highest BCUT2D eigenvalue weighted by molar-refractivity contribution is 5.73. The van der Waals surface area contributed by atoms with E-state index in [4.69, 9.17) is 42.6 Å². The van der Waals surface area contributed by atoms with Gasteiger partial charge in [-0.15, -0.1) is 0 Å². The van der Waals surface area contributed by atoms with Crippen molar-refractivity contribution >= 4 is 5.91 Å². The van der Waals surface area contributed by atoms with Gasteiger partial charge in [0.2, 0.25) is 5.91 Å². The van der Waals surface area contributed by atoms with Gasteiger partial charge in [-0.05, 0) is 6.92 Å². The quantitative estimate of drug-likeness (QED) is 0.0818. The van der Waals surface area contributed by atoms with Crippen LogP contribution in [0.1, 0.15) is 13.8 Å². The Morgan fingerprint density at radius 1 is 0.448 bits per heavy atom. The summed E-state index contributed by atoms with van der Waals surface area (Å²) in [6, 6.07) is -1.72. The zero-order valence-corrected chi connectivity index (χ0v) is 31.1. The molecule has 26 nitrogen and oxygen atoms in total. The molecule has 0 aromatic carbocycles. The molecule has 5 rings (SSSR count). The molecule has 0 aliphatic carbocycles. The van der Waals surface area contributed by atoms with E-state index in [1.807, 2.05) is 0 Å². The molecular formula is C32H55NO25. The number of rotatable bonds is 13. The Balaban J connectivity index is 1.44. The first-order valence-electron chi connectivity index (χ1n) is 18.5. The van der Waals surface area contributed by atoms with Gasteiger partial charge in [-0.1, -0.05) is 0 Å². The number of hydrogen-bond acceptors (Lipinski definition) is 25. The van der Waals surface area contributed by atoms with E-state index in [9.17, 15) is 81.4 Å². The van der Waals surface area contributed by atoms with Crippen LogP contribution in [-0.4, -0.2) is 262 Å². The number of hydrogen-bond donors (Lipinski definition) is 16. The van der Waals surface area contributed by atoms with E-state index in [-0.39, 0.29) is 0 Å². The third-order valence-corrected chi connectivity index (χ3v) is 10.7. The summed E-state index contributed by atoms with van der Waals surface area (Å²) in [5, 5.41) is 160. The predicted molar refractivity (Wildman–Crippen MR) is 177 cm³/mol.